The molecule has 0 atom stereocenters. The third-order valence-electron chi connectivity index (χ3n) is 4.25. The van der Waals surface area contributed by atoms with Crippen molar-refractivity contribution in [3.05, 3.63) is 81.4 Å². The quantitative estimate of drug-likeness (QED) is 0.666. The molecule has 0 saturated carbocycles. The monoisotopic (exact) mass is 399 g/mol. The van der Waals surface area contributed by atoms with Crippen molar-refractivity contribution in [1.82, 2.24) is 9.78 Å². The van der Waals surface area contributed by atoms with Crippen molar-refractivity contribution in [2.75, 3.05) is 5.32 Å². The van der Waals surface area contributed by atoms with Crippen LogP contribution in [0.5, 0.6) is 0 Å². The lowest BCUT2D eigenvalue weighted by atomic mass is 10.1. The van der Waals surface area contributed by atoms with Crippen LogP contribution in [0.15, 0.2) is 59.4 Å². The van der Waals surface area contributed by atoms with Gasteiger partial charge in [0.25, 0.3) is 5.56 Å². The number of halogens is 2. The molecule has 144 valence electrons. The Labute approximate surface area is 166 Å². The van der Waals surface area contributed by atoms with Gasteiger partial charge in [0.05, 0.1) is 5.69 Å². The lowest BCUT2D eigenvalue weighted by Crippen LogP contribution is -2.23. The third-order valence-corrected chi connectivity index (χ3v) is 4.49. The fraction of sp³-hybridized carbons (Fsp3) is 0.190. The van der Waals surface area contributed by atoms with Crippen LogP contribution in [0.4, 0.5) is 10.1 Å². The van der Waals surface area contributed by atoms with Gasteiger partial charge in [-0.05, 0) is 61.4 Å². The summed E-state index contributed by atoms with van der Waals surface area (Å²) >= 11 is 5.96. The van der Waals surface area contributed by atoms with Gasteiger partial charge in [-0.25, -0.2) is 9.07 Å². The predicted molar refractivity (Wildman–Crippen MR) is 108 cm³/mol. The Balaban J connectivity index is 1.62. The first-order chi connectivity index (χ1) is 13.4. The molecule has 1 heterocycles. The molecule has 0 bridgehead atoms. The molecule has 3 aromatic rings. The molecule has 1 aromatic heterocycles. The Hall–Kier alpha value is -2.99. The maximum Gasteiger partial charge on any atom is 0.266 e. The summed E-state index contributed by atoms with van der Waals surface area (Å²) in [7, 11) is 0. The summed E-state index contributed by atoms with van der Waals surface area (Å²) in [5, 5.41) is 7.69. The van der Waals surface area contributed by atoms with Gasteiger partial charge < -0.3 is 5.32 Å². The van der Waals surface area contributed by atoms with E-state index in [9.17, 15) is 14.0 Å². The minimum absolute atomic E-state index is 0.159. The molecule has 0 aliphatic heterocycles. The minimum Gasteiger partial charge on any atom is -0.326 e. The molecule has 1 N–H and O–H groups in total. The van der Waals surface area contributed by atoms with Crippen LogP contribution < -0.4 is 10.9 Å². The van der Waals surface area contributed by atoms with E-state index in [1.54, 1.807) is 30.3 Å². The van der Waals surface area contributed by atoms with Gasteiger partial charge in [-0.1, -0.05) is 17.7 Å². The number of nitrogens with one attached hydrogen (secondary N) is 1. The van der Waals surface area contributed by atoms with E-state index < -0.39 is 0 Å². The van der Waals surface area contributed by atoms with Gasteiger partial charge in [0.2, 0.25) is 5.91 Å². The average molecular weight is 400 g/mol. The molecule has 1 amide bonds. The highest BCUT2D eigenvalue weighted by Gasteiger charge is 2.08. The van der Waals surface area contributed by atoms with E-state index in [-0.39, 0.29) is 23.7 Å². The second-order valence-corrected chi connectivity index (χ2v) is 6.83. The summed E-state index contributed by atoms with van der Waals surface area (Å²) in [6.45, 7) is 2.19. The van der Waals surface area contributed by atoms with Crippen LogP contribution in [0.3, 0.4) is 0 Å². The van der Waals surface area contributed by atoms with Crippen LogP contribution in [0.2, 0.25) is 5.02 Å². The molecule has 0 spiro atoms. The topological polar surface area (TPSA) is 64.0 Å². The van der Waals surface area contributed by atoms with Crippen molar-refractivity contribution in [3.63, 3.8) is 0 Å². The molecule has 0 saturated heterocycles. The summed E-state index contributed by atoms with van der Waals surface area (Å²) in [6, 6.07) is 14.2. The molecule has 0 aliphatic rings. The second-order valence-electron chi connectivity index (χ2n) is 6.40. The molecule has 2 aromatic carbocycles. The first-order valence-electron chi connectivity index (χ1n) is 8.82. The SMILES string of the molecule is Cc1ccc(Cl)cc1NC(=O)CCCn1nc(-c2ccc(F)cc2)ccc1=O. The fourth-order valence-corrected chi connectivity index (χ4v) is 2.89. The van der Waals surface area contributed by atoms with Gasteiger partial charge in [-0.2, -0.15) is 5.10 Å². The first kappa shape index (κ1) is 19.8. The number of carbonyl (C=O) groups excluding carboxylic acids is 1. The van der Waals surface area contributed by atoms with E-state index in [4.69, 9.17) is 11.6 Å². The number of anilines is 1. The van der Waals surface area contributed by atoms with E-state index in [1.807, 2.05) is 13.0 Å². The molecule has 28 heavy (non-hydrogen) atoms. The highest BCUT2D eigenvalue weighted by molar-refractivity contribution is 6.31. The molecule has 0 radical (unpaired) electrons. The maximum atomic E-state index is 13.1. The Kier molecular flexibility index (Phi) is 6.21. The molecule has 5 nitrogen and oxygen atoms in total. The molecule has 3 rings (SSSR count). The van der Waals surface area contributed by atoms with Gasteiger partial charge in [0.15, 0.2) is 0 Å². The number of amides is 1. The van der Waals surface area contributed by atoms with Crippen LogP contribution in [0.1, 0.15) is 18.4 Å². The van der Waals surface area contributed by atoms with Gasteiger partial charge in [0.1, 0.15) is 5.82 Å². The number of aryl methyl sites for hydroxylation is 2. The van der Waals surface area contributed by atoms with Crippen molar-refractivity contribution in [1.29, 1.82) is 0 Å². The van der Waals surface area contributed by atoms with E-state index in [0.717, 1.165) is 5.56 Å². The summed E-state index contributed by atoms with van der Waals surface area (Å²) < 4.78 is 14.4. The summed E-state index contributed by atoms with van der Waals surface area (Å²) in [5.41, 5.74) is 2.62. The maximum absolute atomic E-state index is 13.1. The van der Waals surface area contributed by atoms with Crippen molar-refractivity contribution in [3.8, 4) is 11.3 Å². The Morgan fingerprint density at radius 1 is 1.14 bits per heavy atom. The van der Waals surface area contributed by atoms with Crippen molar-refractivity contribution in [2.45, 2.75) is 26.3 Å². The normalized spacial score (nSPS) is 10.7. The largest absolute Gasteiger partial charge is 0.326 e. The van der Waals surface area contributed by atoms with Crippen LogP contribution in [-0.4, -0.2) is 15.7 Å². The number of carbonyl (C=O) groups is 1. The number of aromatic nitrogens is 2. The number of rotatable bonds is 6. The van der Waals surface area contributed by atoms with Gasteiger partial charge in [-0.3, -0.25) is 9.59 Å². The molecule has 0 unspecified atom stereocenters. The molecule has 0 aliphatic carbocycles. The smallest absolute Gasteiger partial charge is 0.266 e. The highest BCUT2D eigenvalue weighted by Crippen LogP contribution is 2.20. The average Bonchev–Trinajstić information content (AvgIpc) is 2.67. The van der Waals surface area contributed by atoms with Crippen LogP contribution in [0.25, 0.3) is 11.3 Å². The number of benzene rings is 2. The molecular formula is C21H19ClFN3O2. The van der Waals surface area contributed by atoms with Crippen molar-refractivity contribution in [2.24, 2.45) is 0 Å². The zero-order valence-corrected chi connectivity index (χ0v) is 16.0. The van der Waals surface area contributed by atoms with E-state index in [2.05, 4.69) is 10.4 Å². The molecule has 0 fully saturated rings. The van der Waals surface area contributed by atoms with Crippen LogP contribution in [-0.2, 0) is 11.3 Å². The van der Waals surface area contributed by atoms with Crippen molar-refractivity contribution >= 4 is 23.2 Å². The summed E-state index contributed by atoms with van der Waals surface area (Å²) in [6.07, 6.45) is 0.687. The fourth-order valence-electron chi connectivity index (χ4n) is 2.71. The molecular weight excluding hydrogens is 381 g/mol. The van der Waals surface area contributed by atoms with E-state index in [0.29, 0.717) is 34.9 Å². The van der Waals surface area contributed by atoms with Gasteiger partial charge in [0, 0.05) is 35.3 Å². The zero-order valence-electron chi connectivity index (χ0n) is 15.3. The number of nitrogens with zero attached hydrogens (tertiary/aromatic N) is 2. The predicted octanol–water partition coefficient (Wildman–Crippen LogP) is 4.43. The lowest BCUT2D eigenvalue weighted by molar-refractivity contribution is -0.116. The Morgan fingerprint density at radius 3 is 2.64 bits per heavy atom. The summed E-state index contributed by atoms with van der Waals surface area (Å²) in [5.74, 6) is -0.494. The first-order valence-corrected chi connectivity index (χ1v) is 9.20. The minimum atomic E-state index is -0.335. The molecule has 7 heteroatoms. The van der Waals surface area contributed by atoms with Crippen LogP contribution in [0, 0.1) is 12.7 Å². The van der Waals surface area contributed by atoms with Gasteiger partial charge in [-0.15, -0.1) is 0 Å². The zero-order chi connectivity index (χ0) is 20.1. The van der Waals surface area contributed by atoms with Crippen molar-refractivity contribution < 1.29 is 9.18 Å². The summed E-state index contributed by atoms with van der Waals surface area (Å²) in [4.78, 5) is 24.2. The number of hydrogen-bond acceptors (Lipinski definition) is 3. The highest BCUT2D eigenvalue weighted by atomic mass is 35.5. The standard InChI is InChI=1S/C21H19ClFN3O2/c1-14-4-7-16(22)13-19(14)24-20(27)3-2-12-26-21(28)11-10-18(25-26)15-5-8-17(23)9-6-15/h4-11,13H,2-3,12H2,1H3,(H,24,27). The van der Waals surface area contributed by atoms with E-state index in [1.165, 1.54) is 22.9 Å². The van der Waals surface area contributed by atoms with E-state index >= 15 is 0 Å². The van der Waals surface area contributed by atoms with Gasteiger partial charge >= 0.3 is 0 Å². The number of hydrogen-bond donors (Lipinski definition) is 1. The van der Waals surface area contributed by atoms with Crippen LogP contribution >= 0.6 is 11.6 Å². The lowest BCUT2D eigenvalue weighted by Gasteiger charge is -2.10. The second kappa shape index (κ2) is 8.80. The third kappa shape index (κ3) is 5.04. The Morgan fingerprint density at radius 2 is 1.89 bits per heavy atom. The Bertz CT molecular complexity index is 1050.